The molecule has 3 amide bonds. The fourth-order valence-corrected chi connectivity index (χ4v) is 5.10. The summed E-state index contributed by atoms with van der Waals surface area (Å²) in [6.07, 6.45) is 2.20. The standard InChI is InChI=1S/C25H27N3O4/c1-4-5-13-27-24(29)19-14-17-15-9-6-7-11-18(15)26-21(17)22(28(19)25(27)30)16-10-8-12-20(31-2)23(16)32-3/h6-12,19,22,26H,4-5,13-14H2,1-3H3. The van der Waals surface area contributed by atoms with Crippen molar-refractivity contribution < 1.29 is 19.1 Å². The van der Waals surface area contributed by atoms with Crippen molar-refractivity contribution in [2.75, 3.05) is 20.8 Å². The lowest BCUT2D eigenvalue weighted by molar-refractivity contribution is -0.128. The van der Waals surface area contributed by atoms with Crippen molar-refractivity contribution in [3.8, 4) is 11.5 Å². The number of H-pyrrole nitrogens is 1. The van der Waals surface area contributed by atoms with Crippen molar-refractivity contribution in [3.05, 3.63) is 59.3 Å². The Kier molecular flexibility index (Phi) is 5.04. The normalized spacial score (nSPS) is 20.0. The molecule has 166 valence electrons. The number of hydrogen-bond acceptors (Lipinski definition) is 4. The Morgan fingerprint density at radius 1 is 1.06 bits per heavy atom. The zero-order valence-corrected chi connectivity index (χ0v) is 18.6. The number of para-hydroxylation sites is 2. The number of nitrogens with zero attached hydrogens (tertiary/aromatic N) is 2. The van der Waals surface area contributed by atoms with Gasteiger partial charge in [0.25, 0.3) is 5.91 Å². The van der Waals surface area contributed by atoms with E-state index in [1.807, 2.05) is 36.4 Å². The predicted octanol–water partition coefficient (Wildman–Crippen LogP) is 4.26. The zero-order chi connectivity index (χ0) is 22.4. The van der Waals surface area contributed by atoms with E-state index in [0.29, 0.717) is 24.5 Å². The summed E-state index contributed by atoms with van der Waals surface area (Å²) in [5.74, 6) is 1.04. The van der Waals surface area contributed by atoms with Gasteiger partial charge < -0.3 is 14.5 Å². The maximum atomic E-state index is 13.6. The van der Waals surface area contributed by atoms with Crippen LogP contribution < -0.4 is 9.47 Å². The van der Waals surface area contributed by atoms with Crippen LogP contribution in [0.3, 0.4) is 0 Å². The lowest BCUT2D eigenvalue weighted by Crippen LogP contribution is -2.44. The average Bonchev–Trinajstić information content (AvgIpc) is 3.30. The minimum Gasteiger partial charge on any atom is -0.493 e. The van der Waals surface area contributed by atoms with Gasteiger partial charge in [-0.25, -0.2) is 4.79 Å². The minimum atomic E-state index is -0.535. The number of rotatable bonds is 6. The highest BCUT2D eigenvalue weighted by molar-refractivity contribution is 6.05. The SMILES string of the molecule is CCCCN1C(=O)C2Cc3c([nH]c4ccccc34)C(c3cccc(OC)c3OC)N2C1=O. The largest absolute Gasteiger partial charge is 0.493 e. The fraction of sp³-hybridized carbons (Fsp3) is 0.360. The number of aromatic amines is 1. The summed E-state index contributed by atoms with van der Waals surface area (Å²) in [6.45, 7) is 2.50. The van der Waals surface area contributed by atoms with Crippen LogP contribution in [0.5, 0.6) is 11.5 Å². The molecule has 0 bridgehead atoms. The molecule has 7 nitrogen and oxygen atoms in total. The van der Waals surface area contributed by atoms with Crippen LogP contribution in [-0.4, -0.2) is 53.5 Å². The highest BCUT2D eigenvalue weighted by Crippen LogP contribution is 2.47. The second kappa shape index (κ2) is 7.89. The Bertz CT molecular complexity index is 1200. The molecule has 5 rings (SSSR count). The molecule has 1 aromatic heterocycles. The average molecular weight is 434 g/mol. The van der Waals surface area contributed by atoms with E-state index in [1.165, 1.54) is 4.90 Å². The first-order chi connectivity index (χ1) is 15.6. The molecular formula is C25H27N3O4. The van der Waals surface area contributed by atoms with Gasteiger partial charge in [0.1, 0.15) is 12.1 Å². The Balaban J connectivity index is 1.73. The van der Waals surface area contributed by atoms with E-state index in [0.717, 1.165) is 40.6 Å². The molecule has 1 fully saturated rings. The molecule has 1 N–H and O–H groups in total. The highest BCUT2D eigenvalue weighted by Gasteiger charge is 2.52. The minimum absolute atomic E-state index is 0.119. The number of urea groups is 1. The Labute approximate surface area is 186 Å². The number of aromatic nitrogens is 1. The predicted molar refractivity (Wildman–Crippen MR) is 121 cm³/mol. The van der Waals surface area contributed by atoms with Gasteiger partial charge in [0.15, 0.2) is 11.5 Å². The van der Waals surface area contributed by atoms with E-state index < -0.39 is 12.1 Å². The quantitative estimate of drug-likeness (QED) is 0.590. The van der Waals surface area contributed by atoms with Crippen LogP contribution in [0.25, 0.3) is 10.9 Å². The molecule has 3 heterocycles. The first-order valence-electron chi connectivity index (χ1n) is 11.0. The van der Waals surface area contributed by atoms with Crippen molar-refractivity contribution in [2.45, 2.75) is 38.3 Å². The second-order valence-corrected chi connectivity index (χ2v) is 8.30. The summed E-state index contributed by atoms with van der Waals surface area (Å²) in [5.41, 5.74) is 3.79. The van der Waals surface area contributed by atoms with Crippen LogP contribution in [0.15, 0.2) is 42.5 Å². The zero-order valence-electron chi connectivity index (χ0n) is 18.6. The van der Waals surface area contributed by atoms with Gasteiger partial charge in [0.05, 0.1) is 14.2 Å². The molecule has 32 heavy (non-hydrogen) atoms. The van der Waals surface area contributed by atoms with Gasteiger partial charge in [-0.1, -0.05) is 43.7 Å². The number of benzene rings is 2. The molecular weight excluding hydrogens is 406 g/mol. The Hall–Kier alpha value is -3.48. The number of nitrogens with one attached hydrogen (secondary N) is 1. The van der Waals surface area contributed by atoms with Gasteiger partial charge >= 0.3 is 6.03 Å². The summed E-state index contributed by atoms with van der Waals surface area (Å²) in [5, 5.41) is 1.08. The number of ether oxygens (including phenoxy) is 2. The van der Waals surface area contributed by atoms with E-state index in [1.54, 1.807) is 19.1 Å². The summed E-state index contributed by atoms with van der Waals surface area (Å²) in [7, 11) is 3.19. The van der Waals surface area contributed by atoms with E-state index >= 15 is 0 Å². The number of hydrogen-bond donors (Lipinski definition) is 1. The Morgan fingerprint density at radius 3 is 2.62 bits per heavy atom. The van der Waals surface area contributed by atoms with Crippen LogP contribution in [0.4, 0.5) is 4.79 Å². The topological polar surface area (TPSA) is 74.9 Å². The number of imide groups is 1. The summed E-state index contributed by atoms with van der Waals surface area (Å²) >= 11 is 0. The van der Waals surface area contributed by atoms with Crippen LogP contribution in [0, 0.1) is 0 Å². The maximum Gasteiger partial charge on any atom is 0.328 e. The molecule has 2 aliphatic rings. The van der Waals surface area contributed by atoms with Crippen molar-refractivity contribution >= 4 is 22.8 Å². The van der Waals surface area contributed by atoms with Gasteiger partial charge in [0, 0.05) is 35.1 Å². The van der Waals surface area contributed by atoms with Gasteiger partial charge in [0.2, 0.25) is 0 Å². The summed E-state index contributed by atoms with van der Waals surface area (Å²) < 4.78 is 11.3. The fourth-order valence-electron chi connectivity index (χ4n) is 5.10. The number of methoxy groups -OCH3 is 2. The van der Waals surface area contributed by atoms with E-state index in [2.05, 4.69) is 18.0 Å². The molecule has 2 aromatic carbocycles. The third kappa shape index (κ3) is 2.87. The highest BCUT2D eigenvalue weighted by atomic mass is 16.5. The maximum absolute atomic E-state index is 13.6. The van der Waals surface area contributed by atoms with Crippen LogP contribution in [-0.2, 0) is 11.2 Å². The van der Waals surface area contributed by atoms with Crippen molar-refractivity contribution in [1.29, 1.82) is 0 Å². The van der Waals surface area contributed by atoms with Crippen molar-refractivity contribution in [1.82, 2.24) is 14.8 Å². The third-order valence-corrected chi connectivity index (χ3v) is 6.60. The van der Waals surface area contributed by atoms with Crippen LogP contribution >= 0.6 is 0 Å². The van der Waals surface area contributed by atoms with E-state index in [4.69, 9.17) is 9.47 Å². The molecule has 2 aliphatic heterocycles. The molecule has 7 heteroatoms. The number of amides is 3. The molecule has 2 atom stereocenters. The van der Waals surface area contributed by atoms with Crippen molar-refractivity contribution in [2.24, 2.45) is 0 Å². The molecule has 0 saturated carbocycles. The van der Waals surface area contributed by atoms with Crippen LogP contribution in [0.2, 0.25) is 0 Å². The van der Waals surface area contributed by atoms with Gasteiger partial charge in [-0.3, -0.25) is 14.6 Å². The van der Waals surface area contributed by atoms with Crippen molar-refractivity contribution in [3.63, 3.8) is 0 Å². The lowest BCUT2D eigenvalue weighted by Gasteiger charge is -2.36. The number of fused-ring (bicyclic) bond motifs is 4. The summed E-state index contributed by atoms with van der Waals surface area (Å²) in [4.78, 5) is 33.6. The first-order valence-corrected chi connectivity index (χ1v) is 11.0. The molecule has 3 aromatic rings. The number of carbonyl (C=O) groups is 2. The molecule has 0 aliphatic carbocycles. The molecule has 2 unspecified atom stereocenters. The van der Waals surface area contributed by atoms with Gasteiger partial charge in [-0.15, -0.1) is 0 Å². The number of carbonyl (C=O) groups excluding carboxylic acids is 2. The van der Waals surface area contributed by atoms with E-state index in [-0.39, 0.29) is 11.9 Å². The van der Waals surface area contributed by atoms with Gasteiger partial charge in [-0.05, 0) is 24.1 Å². The molecule has 0 spiro atoms. The smallest absolute Gasteiger partial charge is 0.328 e. The molecule has 1 saturated heterocycles. The monoisotopic (exact) mass is 433 g/mol. The second-order valence-electron chi connectivity index (χ2n) is 8.30. The Morgan fingerprint density at radius 2 is 1.88 bits per heavy atom. The number of unbranched alkanes of at least 4 members (excludes halogenated alkanes) is 1. The lowest BCUT2D eigenvalue weighted by atomic mass is 9.88. The van der Waals surface area contributed by atoms with E-state index in [9.17, 15) is 9.59 Å². The molecule has 0 radical (unpaired) electrons. The first kappa shape index (κ1) is 20.4. The van der Waals surface area contributed by atoms with Crippen LogP contribution in [0.1, 0.15) is 42.6 Å². The summed E-state index contributed by atoms with van der Waals surface area (Å²) in [6, 6.07) is 12.5. The third-order valence-electron chi connectivity index (χ3n) is 6.60. The van der Waals surface area contributed by atoms with Gasteiger partial charge in [-0.2, -0.15) is 0 Å².